The molecule has 1 fully saturated rings. The molecule has 0 spiro atoms. The van der Waals surface area contributed by atoms with E-state index in [1.807, 2.05) is 36.1 Å². The standard InChI is InChI=1S/C19H29N5O2.HI/c1-4-20-19(22-13-18(26)23(2)3)21-12-15-8-5-6-9-16(15)14-24-11-7-10-17(24)25;/h5-6,8-9H,4,7,10-14H2,1-3H3,(H2,20,21,22);1H. The molecule has 0 saturated carbocycles. The van der Waals surface area contributed by atoms with Gasteiger partial charge in [0.05, 0.1) is 13.1 Å². The topological polar surface area (TPSA) is 77.0 Å². The van der Waals surface area contributed by atoms with Crippen molar-refractivity contribution in [1.29, 1.82) is 0 Å². The van der Waals surface area contributed by atoms with Crippen LogP contribution in [0.5, 0.6) is 0 Å². The lowest BCUT2D eigenvalue weighted by molar-refractivity contribution is -0.128. The highest BCUT2D eigenvalue weighted by Gasteiger charge is 2.20. The molecule has 0 unspecified atom stereocenters. The van der Waals surface area contributed by atoms with E-state index in [4.69, 9.17) is 0 Å². The number of hydrogen-bond donors (Lipinski definition) is 2. The maximum Gasteiger partial charge on any atom is 0.241 e. The predicted molar refractivity (Wildman–Crippen MR) is 118 cm³/mol. The second-order valence-corrected chi connectivity index (χ2v) is 6.52. The number of aliphatic imine (C=N–C) groups is 1. The number of nitrogens with zero attached hydrogens (tertiary/aromatic N) is 3. The number of carbonyl (C=O) groups excluding carboxylic acids is 2. The van der Waals surface area contributed by atoms with Gasteiger partial charge in [-0.25, -0.2) is 4.99 Å². The van der Waals surface area contributed by atoms with Crippen LogP contribution < -0.4 is 10.6 Å². The molecule has 2 amide bonds. The quantitative estimate of drug-likeness (QED) is 0.348. The first-order valence-electron chi connectivity index (χ1n) is 9.08. The average molecular weight is 487 g/mol. The molecule has 0 radical (unpaired) electrons. The second-order valence-electron chi connectivity index (χ2n) is 6.52. The van der Waals surface area contributed by atoms with E-state index >= 15 is 0 Å². The van der Waals surface area contributed by atoms with Crippen LogP contribution in [0.4, 0.5) is 0 Å². The highest BCUT2D eigenvalue weighted by molar-refractivity contribution is 14.0. The summed E-state index contributed by atoms with van der Waals surface area (Å²) in [6.07, 6.45) is 1.59. The molecule has 2 N–H and O–H groups in total. The van der Waals surface area contributed by atoms with Crippen LogP contribution in [0.15, 0.2) is 29.3 Å². The molecule has 1 aromatic rings. The molecule has 2 rings (SSSR count). The van der Waals surface area contributed by atoms with E-state index in [2.05, 4.69) is 15.6 Å². The third-order valence-corrected chi connectivity index (χ3v) is 4.31. The normalized spacial score (nSPS) is 14.0. The molecule has 1 aliphatic heterocycles. The van der Waals surface area contributed by atoms with Gasteiger partial charge in [0.15, 0.2) is 5.96 Å². The van der Waals surface area contributed by atoms with Gasteiger partial charge in [-0.1, -0.05) is 24.3 Å². The van der Waals surface area contributed by atoms with Crippen molar-refractivity contribution in [2.75, 3.05) is 33.7 Å². The summed E-state index contributed by atoms with van der Waals surface area (Å²) in [7, 11) is 3.45. The van der Waals surface area contributed by atoms with Crippen molar-refractivity contribution in [3.63, 3.8) is 0 Å². The minimum atomic E-state index is -0.0106. The third-order valence-electron chi connectivity index (χ3n) is 4.31. The summed E-state index contributed by atoms with van der Waals surface area (Å²) in [6, 6.07) is 8.05. The van der Waals surface area contributed by atoms with Gasteiger partial charge in [0.25, 0.3) is 0 Å². The van der Waals surface area contributed by atoms with Gasteiger partial charge in [-0.2, -0.15) is 0 Å². The van der Waals surface area contributed by atoms with Gasteiger partial charge in [0.2, 0.25) is 11.8 Å². The average Bonchev–Trinajstić information content (AvgIpc) is 3.03. The number of likely N-dealkylation sites (tertiary alicyclic amines) is 1. The molecule has 1 saturated heterocycles. The number of amides is 2. The lowest BCUT2D eigenvalue weighted by atomic mass is 10.1. The fourth-order valence-electron chi connectivity index (χ4n) is 2.77. The molecule has 150 valence electrons. The van der Waals surface area contributed by atoms with Gasteiger partial charge in [0, 0.05) is 40.2 Å². The number of likely N-dealkylation sites (N-methyl/N-ethyl adjacent to an activating group) is 1. The van der Waals surface area contributed by atoms with Crippen LogP contribution >= 0.6 is 24.0 Å². The summed E-state index contributed by atoms with van der Waals surface area (Å²) in [4.78, 5) is 31.7. The van der Waals surface area contributed by atoms with Crippen molar-refractivity contribution in [2.45, 2.75) is 32.9 Å². The maximum atomic E-state index is 11.9. The van der Waals surface area contributed by atoms with Crippen molar-refractivity contribution >= 4 is 41.8 Å². The van der Waals surface area contributed by atoms with E-state index in [-0.39, 0.29) is 42.3 Å². The zero-order valence-electron chi connectivity index (χ0n) is 16.3. The van der Waals surface area contributed by atoms with Gasteiger partial charge < -0.3 is 20.4 Å². The molecule has 1 aliphatic rings. The number of rotatable bonds is 7. The van der Waals surface area contributed by atoms with Crippen molar-refractivity contribution in [2.24, 2.45) is 4.99 Å². The zero-order chi connectivity index (χ0) is 18.9. The summed E-state index contributed by atoms with van der Waals surface area (Å²) in [6.45, 7) is 4.84. The number of carbonyl (C=O) groups is 2. The van der Waals surface area contributed by atoms with Crippen LogP contribution in [0.3, 0.4) is 0 Å². The van der Waals surface area contributed by atoms with E-state index in [0.717, 1.165) is 24.1 Å². The highest BCUT2D eigenvalue weighted by Crippen LogP contribution is 2.17. The third kappa shape index (κ3) is 7.36. The van der Waals surface area contributed by atoms with Gasteiger partial charge in [-0.3, -0.25) is 9.59 Å². The minimum Gasteiger partial charge on any atom is -0.357 e. The lowest BCUT2D eigenvalue weighted by Crippen LogP contribution is -2.42. The molecular weight excluding hydrogens is 457 g/mol. The fourth-order valence-corrected chi connectivity index (χ4v) is 2.77. The fraction of sp³-hybridized carbons (Fsp3) is 0.526. The van der Waals surface area contributed by atoms with Crippen LogP contribution in [-0.4, -0.2) is 61.3 Å². The SMILES string of the molecule is CCNC(=NCc1ccccc1CN1CCCC1=O)NCC(=O)N(C)C.I. The Morgan fingerprint density at radius 3 is 2.52 bits per heavy atom. The summed E-state index contributed by atoms with van der Waals surface area (Å²) >= 11 is 0. The van der Waals surface area contributed by atoms with Crippen LogP contribution in [0, 0.1) is 0 Å². The van der Waals surface area contributed by atoms with E-state index in [0.29, 0.717) is 32.0 Å². The van der Waals surface area contributed by atoms with Crippen molar-refractivity contribution in [1.82, 2.24) is 20.4 Å². The molecule has 0 bridgehead atoms. The van der Waals surface area contributed by atoms with Crippen LogP contribution in [0.1, 0.15) is 30.9 Å². The molecule has 8 heteroatoms. The highest BCUT2D eigenvalue weighted by atomic mass is 127. The van der Waals surface area contributed by atoms with Crippen molar-refractivity contribution in [3.05, 3.63) is 35.4 Å². The van der Waals surface area contributed by atoms with E-state index in [1.54, 1.807) is 19.0 Å². The number of benzene rings is 1. The maximum absolute atomic E-state index is 11.9. The van der Waals surface area contributed by atoms with Gasteiger partial charge in [-0.05, 0) is 24.5 Å². The molecule has 7 nitrogen and oxygen atoms in total. The summed E-state index contributed by atoms with van der Waals surface area (Å²) in [5.74, 6) is 0.818. The lowest BCUT2D eigenvalue weighted by Gasteiger charge is -2.18. The van der Waals surface area contributed by atoms with Gasteiger partial charge in [0.1, 0.15) is 0 Å². The van der Waals surface area contributed by atoms with Crippen LogP contribution in [-0.2, 0) is 22.7 Å². The largest absolute Gasteiger partial charge is 0.357 e. The van der Waals surface area contributed by atoms with Gasteiger partial charge >= 0.3 is 0 Å². The second kappa shape index (κ2) is 11.8. The molecule has 0 atom stereocenters. The molecule has 27 heavy (non-hydrogen) atoms. The number of halogens is 1. The van der Waals surface area contributed by atoms with E-state index < -0.39 is 0 Å². The summed E-state index contributed by atoms with van der Waals surface area (Å²) in [5, 5.41) is 6.21. The molecular formula is C19H30IN5O2. The smallest absolute Gasteiger partial charge is 0.241 e. The Kier molecular flexibility index (Phi) is 10.1. The van der Waals surface area contributed by atoms with Crippen molar-refractivity contribution < 1.29 is 9.59 Å². The first-order chi connectivity index (χ1) is 12.5. The van der Waals surface area contributed by atoms with E-state index in [1.165, 1.54) is 0 Å². The minimum absolute atomic E-state index is 0. The van der Waals surface area contributed by atoms with Gasteiger partial charge in [-0.15, -0.1) is 24.0 Å². The number of guanidine groups is 1. The summed E-state index contributed by atoms with van der Waals surface area (Å²) < 4.78 is 0. The Bertz CT molecular complexity index is 663. The van der Waals surface area contributed by atoms with Crippen LogP contribution in [0.25, 0.3) is 0 Å². The first-order valence-corrected chi connectivity index (χ1v) is 9.08. The molecule has 1 aromatic carbocycles. The Hall–Kier alpha value is -1.84. The van der Waals surface area contributed by atoms with Crippen LogP contribution in [0.2, 0.25) is 0 Å². The molecule has 1 heterocycles. The predicted octanol–water partition coefficient (Wildman–Crippen LogP) is 1.57. The Labute approximate surface area is 178 Å². The molecule has 0 aliphatic carbocycles. The Morgan fingerprint density at radius 2 is 1.93 bits per heavy atom. The number of nitrogens with one attached hydrogen (secondary N) is 2. The van der Waals surface area contributed by atoms with E-state index in [9.17, 15) is 9.59 Å². The molecule has 0 aromatic heterocycles. The first kappa shape index (κ1) is 23.2. The van der Waals surface area contributed by atoms with Crippen molar-refractivity contribution in [3.8, 4) is 0 Å². The summed E-state index contributed by atoms with van der Waals surface area (Å²) in [5.41, 5.74) is 2.20. The Morgan fingerprint density at radius 1 is 1.22 bits per heavy atom. The Balaban J connectivity index is 0.00000364. The number of hydrogen-bond acceptors (Lipinski definition) is 3. The monoisotopic (exact) mass is 487 g/mol. The zero-order valence-corrected chi connectivity index (χ0v) is 18.7.